The summed E-state index contributed by atoms with van der Waals surface area (Å²) in [6.07, 6.45) is 4.35. The van der Waals surface area contributed by atoms with Crippen LogP contribution in [0.3, 0.4) is 0 Å². The first-order chi connectivity index (χ1) is 11.0. The number of aromatic nitrogens is 1. The van der Waals surface area contributed by atoms with Gasteiger partial charge in [0.05, 0.1) is 0 Å². The van der Waals surface area contributed by atoms with Gasteiger partial charge in [0.15, 0.2) is 0 Å². The highest BCUT2D eigenvalue weighted by atomic mass is 35.5. The van der Waals surface area contributed by atoms with E-state index in [4.69, 9.17) is 0 Å². The van der Waals surface area contributed by atoms with Crippen LogP contribution < -0.4 is 10.0 Å². The largest absolute Gasteiger partial charge is 0.356 e. The van der Waals surface area contributed by atoms with Crippen LogP contribution in [0.15, 0.2) is 17.2 Å². The summed E-state index contributed by atoms with van der Waals surface area (Å²) in [6, 6.07) is 1.31. The number of nitrogens with one attached hydrogen (secondary N) is 3. The van der Waals surface area contributed by atoms with Crippen LogP contribution in [0.2, 0.25) is 0 Å². The molecule has 2 atom stereocenters. The van der Waals surface area contributed by atoms with E-state index >= 15 is 0 Å². The number of H-pyrrole nitrogens is 1. The Bertz CT molecular complexity index is 670. The van der Waals surface area contributed by atoms with E-state index in [-0.39, 0.29) is 35.2 Å². The molecule has 3 rings (SSSR count). The third kappa shape index (κ3) is 4.11. The van der Waals surface area contributed by atoms with Gasteiger partial charge in [-0.15, -0.1) is 12.4 Å². The molecule has 1 aromatic rings. The lowest BCUT2D eigenvalue weighted by molar-refractivity contribution is 0.0787. The van der Waals surface area contributed by atoms with Gasteiger partial charge in [0.1, 0.15) is 10.6 Å². The van der Waals surface area contributed by atoms with E-state index in [9.17, 15) is 13.2 Å². The van der Waals surface area contributed by atoms with Crippen molar-refractivity contribution in [1.82, 2.24) is 19.9 Å². The Morgan fingerprint density at radius 2 is 2.04 bits per heavy atom. The van der Waals surface area contributed by atoms with Gasteiger partial charge in [0, 0.05) is 31.9 Å². The summed E-state index contributed by atoms with van der Waals surface area (Å²) in [5.41, 5.74) is 0.335. The van der Waals surface area contributed by atoms with E-state index in [2.05, 4.69) is 15.0 Å². The third-order valence-corrected chi connectivity index (χ3v) is 6.19. The predicted molar refractivity (Wildman–Crippen MR) is 93.9 cm³/mol. The first-order valence-electron chi connectivity index (χ1n) is 8.18. The van der Waals surface area contributed by atoms with Crippen molar-refractivity contribution in [1.29, 1.82) is 0 Å². The maximum Gasteiger partial charge on any atom is 0.270 e. The maximum absolute atomic E-state index is 12.5. The van der Waals surface area contributed by atoms with Crippen molar-refractivity contribution in [2.75, 3.05) is 26.2 Å². The SMILES string of the molecule is CC1CCNCC1NS(=O)(=O)c1c[nH]c(C(=O)N2CCCC2)c1.Cl. The molecule has 24 heavy (non-hydrogen) atoms. The van der Waals surface area contributed by atoms with E-state index in [1.54, 1.807) is 4.90 Å². The van der Waals surface area contributed by atoms with E-state index in [1.165, 1.54) is 12.3 Å². The average Bonchev–Trinajstić information content (AvgIpc) is 3.20. The van der Waals surface area contributed by atoms with Crippen molar-refractivity contribution in [2.45, 2.75) is 37.1 Å². The van der Waals surface area contributed by atoms with Crippen LogP contribution in [0.4, 0.5) is 0 Å². The summed E-state index contributed by atoms with van der Waals surface area (Å²) in [7, 11) is -3.62. The molecule has 9 heteroatoms. The molecule has 2 unspecified atom stereocenters. The van der Waals surface area contributed by atoms with Gasteiger partial charge in [-0.05, 0) is 37.8 Å². The fourth-order valence-electron chi connectivity index (χ4n) is 3.16. The predicted octanol–water partition coefficient (Wildman–Crippen LogP) is 0.949. The van der Waals surface area contributed by atoms with E-state index in [0.717, 1.165) is 38.9 Å². The van der Waals surface area contributed by atoms with Gasteiger partial charge in [0.2, 0.25) is 10.0 Å². The van der Waals surface area contributed by atoms with Crippen molar-refractivity contribution in [2.24, 2.45) is 5.92 Å². The Balaban J connectivity index is 0.00000208. The van der Waals surface area contributed by atoms with Crippen molar-refractivity contribution < 1.29 is 13.2 Å². The molecule has 3 N–H and O–H groups in total. The van der Waals surface area contributed by atoms with E-state index in [1.807, 2.05) is 6.92 Å². The molecule has 136 valence electrons. The number of hydrogen-bond donors (Lipinski definition) is 3. The number of halogens is 1. The minimum atomic E-state index is -3.62. The fourth-order valence-corrected chi connectivity index (χ4v) is 4.50. The molecule has 0 aromatic carbocycles. The van der Waals surface area contributed by atoms with Crippen LogP contribution in [-0.4, -0.2) is 56.4 Å². The van der Waals surface area contributed by atoms with Crippen LogP contribution in [-0.2, 0) is 10.0 Å². The van der Waals surface area contributed by atoms with Crippen LogP contribution in [0.25, 0.3) is 0 Å². The van der Waals surface area contributed by atoms with Gasteiger partial charge in [-0.2, -0.15) is 0 Å². The number of likely N-dealkylation sites (tertiary alicyclic amines) is 1. The smallest absolute Gasteiger partial charge is 0.270 e. The fraction of sp³-hybridized carbons (Fsp3) is 0.667. The van der Waals surface area contributed by atoms with E-state index in [0.29, 0.717) is 12.2 Å². The van der Waals surface area contributed by atoms with Crippen LogP contribution in [0.1, 0.15) is 36.7 Å². The molecule has 1 aromatic heterocycles. The highest BCUT2D eigenvalue weighted by Gasteiger charge is 2.28. The third-order valence-electron chi connectivity index (χ3n) is 4.72. The second-order valence-electron chi connectivity index (χ2n) is 6.45. The van der Waals surface area contributed by atoms with Gasteiger partial charge in [0.25, 0.3) is 5.91 Å². The van der Waals surface area contributed by atoms with Gasteiger partial charge in [-0.1, -0.05) is 6.92 Å². The first kappa shape index (κ1) is 19.2. The van der Waals surface area contributed by atoms with Crippen molar-refractivity contribution in [3.63, 3.8) is 0 Å². The Morgan fingerprint density at radius 1 is 1.33 bits per heavy atom. The Kier molecular flexibility index (Phi) is 6.30. The molecule has 2 saturated heterocycles. The molecule has 0 radical (unpaired) electrons. The van der Waals surface area contributed by atoms with Crippen molar-refractivity contribution in [3.05, 3.63) is 18.0 Å². The lowest BCUT2D eigenvalue weighted by Gasteiger charge is -2.29. The summed E-state index contributed by atoms with van der Waals surface area (Å²) in [5.74, 6) is 0.160. The minimum absolute atomic E-state index is 0. The number of nitrogens with zero attached hydrogens (tertiary/aromatic N) is 1. The molecule has 3 heterocycles. The Morgan fingerprint density at radius 3 is 2.71 bits per heavy atom. The topological polar surface area (TPSA) is 94.3 Å². The second kappa shape index (κ2) is 7.86. The number of aromatic amines is 1. The monoisotopic (exact) mass is 376 g/mol. The Hall–Kier alpha value is -1.09. The molecule has 0 aliphatic carbocycles. The summed E-state index contributed by atoms with van der Waals surface area (Å²) in [6.45, 7) is 5.07. The number of hydrogen-bond acceptors (Lipinski definition) is 4. The van der Waals surface area contributed by atoms with Crippen LogP contribution in [0.5, 0.6) is 0 Å². The summed E-state index contributed by atoms with van der Waals surface area (Å²) < 4.78 is 27.8. The van der Waals surface area contributed by atoms with Gasteiger partial charge in [-0.3, -0.25) is 4.79 Å². The van der Waals surface area contributed by atoms with Gasteiger partial charge >= 0.3 is 0 Å². The molecule has 1 amide bonds. The molecule has 2 aliphatic heterocycles. The van der Waals surface area contributed by atoms with Gasteiger partial charge < -0.3 is 15.2 Å². The Labute approximate surface area is 149 Å². The summed E-state index contributed by atoms with van der Waals surface area (Å²) >= 11 is 0. The molecule has 7 nitrogen and oxygen atoms in total. The number of amides is 1. The standard InChI is InChI=1S/C15H24N4O3S.ClH/c1-11-4-5-16-10-14(11)18-23(21,22)12-8-13(17-9-12)15(20)19-6-2-3-7-19;/h8-9,11,14,16-18H,2-7,10H2,1H3;1H. The molecule has 2 aliphatic rings. The normalized spacial score (nSPS) is 24.6. The minimum Gasteiger partial charge on any atom is -0.356 e. The molecular weight excluding hydrogens is 352 g/mol. The van der Waals surface area contributed by atoms with Crippen molar-refractivity contribution in [3.8, 4) is 0 Å². The lowest BCUT2D eigenvalue weighted by atomic mass is 9.96. The zero-order valence-electron chi connectivity index (χ0n) is 13.7. The lowest BCUT2D eigenvalue weighted by Crippen LogP contribution is -2.50. The van der Waals surface area contributed by atoms with E-state index < -0.39 is 10.0 Å². The molecule has 2 fully saturated rings. The zero-order chi connectivity index (χ0) is 16.4. The molecule has 0 saturated carbocycles. The first-order valence-corrected chi connectivity index (χ1v) is 9.66. The zero-order valence-corrected chi connectivity index (χ0v) is 15.4. The average molecular weight is 377 g/mol. The molecule has 0 bridgehead atoms. The molecule has 0 spiro atoms. The van der Waals surface area contributed by atoms with Crippen LogP contribution >= 0.6 is 12.4 Å². The number of sulfonamides is 1. The number of rotatable bonds is 4. The highest BCUT2D eigenvalue weighted by Crippen LogP contribution is 2.18. The summed E-state index contributed by atoms with van der Waals surface area (Å²) in [4.78, 5) is 17.0. The number of piperidine rings is 1. The number of carbonyl (C=O) groups is 1. The maximum atomic E-state index is 12.5. The summed E-state index contributed by atoms with van der Waals surface area (Å²) in [5, 5.41) is 3.20. The van der Waals surface area contributed by atoms with Gasteiger partial charge in [-0.25, -0.2) is 13.1 Å². The molecular formula is C15H25ClN4O3S. The number of carbonyl (C=O) groups excluding carboxylic acids is 1. The quantitative estimate of drug-likeness (QED) is 0.729. The van der Waals surface area contributed by atoms with Crippen LogP contribution in [0, 0.1) is 5.92 Å². The second-order valence-corrected chi connectivity index (χ2v) is 8.16. The highest BCUT2D eigenvalue weighted by molar-refractivity contribution is 7.89. The van der Waals surface area contributed by atoms with Crippen molar-refractivity contribution >= 4 is 28.3 Å².